The van der Waals surface area contributed by atoms with E-state index in [2.05, 4.69) is 22.0 Å². The van der Waals surface area contributed by atoms with Crippen molar-refractivity contribution in [1.82, 2.24) is 20.0 Å². The van der Waals surface area contributed by atoms with Crippen LogP contribution in [0, 0.1) is 0 Å². The van der Waals surface area contributed by atoms with Gasteiger partial charge in [0.25, 0.3) is 5.89 Å². The van der Waals surface area contributed by atoms with Gasteiger partial charge < -0.3 is 14.1 Å². The Balaban J connectivity index is 1.61. The molecule has 1 saturated heterocycles. The van der Waals surface area contributed by atoms with Crippen LogP contribution >= 0.6 is 11.3 Å². The summed E-state index contributed by atoms with van der Waals surface area (Å²) in [4.78, 5) is 18.5. The fourth-order valence-electron chi connectivity index (χ4n) is 3.68. The van der Waals surface area contributed by atoms with E-state index in [1.165, 1.54) is 0 Å². The number of hydrogen-bond acceptors (Lipinski definition) is 7. The highest BCUT2D eigenvalue weighted by Gasteiger charge is 2.32. The van der Waals surface area contributed by atoms with Gasteiger partial charge in [-0.2, -0.15) is 0 Å². The quantitative estimate of drug-likeness (QED) is 0.548. The van der Waals surface area contributed by atoms with E-state index < -0.39 is 6.04 Å². The van der Waals surface area contributed by atoms with Crippen molar-refractivity contribution < 1.29 is 13.9 Å². The lowest BCUT2D eigenvalue weighted by atomic mass is 10.0. The van der Waals surface area contributed by atoms with Crippen LogP contribution in [0.5, 0.6) is 0 Å². The molecule has 0 bridgehead atoms. The van der Waals surface area contributed by atoms with Gasteiger partial charge in [0.15, 0.2) is 0 Å². The van der Waals surface area contributed by atoms with Crippen molar-refractivity contribution in [2.75, 3.05) is 32.8 Å². The van der Waals surface area contributed by atoms with Crippen LogP contribution in [0.2, 0.25) is 0 Å². The van der Waals surface area contributed by atoms with Gasteiger partial charge in [0, 0.05) is 13.1 Å². The molecule has 1 amide bonds. The minimum atomic E-state index is -0.402. The molecular weight excluding hydrogens is 400 g/mol. The highest BCUT2D eigenvalue weighted by Crippen LogP contribution is 2.28. The normalized spacial score (nSPS) is 15.5. The summed E-state index contributed by atoms with van der Waals surface area (Å²) in [7, 11) is 0. The van der Waals surface area contributed by atoms with E-state index >= 15 is 0 Å². The van der Waals surface area contributed by atoms with Gasteiger partial charge in [-0.05, 0) is 30.0 Å². The van der Waals surface area contributed by atoms with Gasteiger partial charge in [0.2, 0.25) is 11.8 Å². The molecule has 1 atom stereocenters. The van der Waals surface area contributed by atoms with Crippen LogP contribution in [-0.2, 0) is 16.1 Å². The number of nitrogens with zero attached hydrogens (tertiary/aromatic N) is 4. The second-order valence-electron chi connectivity index (χ2n) is 7.20. The number of amides is 1. The van der Waals surface area contributed by atoms with E-state index in [0.717, 1.165) is 23.4 Å². The van der Waals surface area contributed by atoms with Crippen LogP contribution in [0.15, 0.2) is 52.3 Å². The molecule has 7 nitrogen and oxygen atoms in total. The van der Waals surface area contributed by atoms with Crippen molar-refractivity contribution in [2.24, 2.45) is 0 Å². The minimum Gasteiger partial charge on any atom is -0.419 e. The summed E-state index contributed by atoms with van der Waals surface area (Å²) < 4.78 is 11.4. The molecular formula is C22H26N4O3S. The first-order valence-electron chi connectivity index (χ1n) is 10.3. The smallest absolute Gasteiger partial charge is 0.257 e. The van der Waals surface area contributed by atoms with E-state index in [0.29, 0.717) is 44.6 Å². The number of carbonyl (C=O) groups excluding carboxylic acids is 1. The molecule has 3 heterocycles. The monoisotopic (exact) mass is 426 g/mol. The molecule has 0 aliphatic carbocycles. The number of rotatable bonds is 8. The second kappa shape index (κ2) is 9.97. The summed E-state index contributed by atoms with van der Waals surface area (Å²) in [5.41, 5.74) is 0.973. The molecule has 0 N–H and O–H groups in total. The summed E-state index contributed by atoms with van der Waals surface area (Å²) in [5.74, 6) is 1.13. The summed E-state index contributed by atoms with van der Waals surface area (Å²) >= 11 is 1.56. The fourth-order valence-corrected chi connectivity index (χ4v) is 4.32. The number of benzene rings is 1. The van der Waals surface area contributed by atoms with Gasteiger partial charge in [-0.15, -0.1) is 21.5 Å². The lowest BCUT2D eigenvalue weighted by Crippen LogP contribution is -2.47. The molecule has 4 rings (SSSR count). The van der Waals surface area contributed by atoms with E-state index in [9.17, 15) is 4.79 Å². The number of aromatic nitrogens is 2. The Morgan fingerprint density at radius 1 is 1.17 bits per heavy atom. The predicted octanol–water partition coefficient (Wildman–Crippen LogP) is 3.61. The van der Waals surface area contributed by atoms with Crippen molar-refractivity contribution in [3.8, 4) is 10.8 Å². The fraction of sp³-hybridized carbons (Fsp3) is 0.409. The zero-order chi connectivity index (χ0) is 20.8. The molecule has 1 aliphatic rings. The number of hydrogen-bond donors (Lipinski definition) is 0. The Bertz CT molecular complexity index is 923. The van der Waals surface area contributed by atoms with Crippen molar-refractivity contribution in [1.29, 1.82) is 0 Å². The molecule has 158 valence electrons. The first-order valence-corrected chi connectivity index (χ1v) is 11.2. The predicted molar refractivity (Wildman–Crippen MR) is 115 cm³/mol. The summed E-state index contributed by atoms with van der Waals surface area (Å²) in [6.07, 6.45) is 0.908. The van der Waals surface area contributed by atoms with E-state index in [1.807, 2.05) is 52.7 Å². The van der Waals surface area contributed by atoms with Crippen molar-refractivity contribution in [2.45, 2.75) is 25.9 Å². The second-order valence-corrected chi connectivity index (χ2v) is 8.15. The Hall–Kier alpha value is -2.55. The van der Waals surface area contributed by atoms with Gasteiger partial charge in [-0.1, -0.05) is 43.3 Å². The Morgan fingerprint density at radius 2 is 1.97 bits per heavy atom. The van der Waals surface area contributed by atoms with Crippen LogP contribution < -0.4 is 0 Å². The highest BCUT2D eigenvalue weighted by molar-refractivity contribution is 7.13. The third-order valence-electron chi connectivity index (χ3n) is 5.09. The van der Waals surface area contributed by atoms with Crippen molar-refractivity contribution in [3.05, 3.63) is 59.3 Å². The maximum absolute atomic E-state index is 13.6. The number of morpholine rings is 1. The Kier molecular flexibility index (Phi) is 6.88. The van der Waals surface area contributed by atoms with Crippen molar-refractivity contribution in [3.63, 3.8) is 0 Å². The van der Waals surface area contributed by atoms with E-state index in [-0.39, 0.29) is 5.91 Å². The lowest BCUT2D eigenvalue weighted by Gasteiger charge is -2.35. The van der Waals surface area contributed by atoms with Crippen LogP contribution in [0.25, 0.3) is 10.8 Å². The number of carbonyl (C=O) groups is 1. The van der Waals surface area contributed by atoms with Gasteiger partial charge in [0.1, 0.15) is 6.04 Å². The summed E-state index contributed by atoms with van der Waals surface area (Å²) in [6.45, 7) is 5.66. The average Bonchev–Trinajstić information content (AvgIpc) is 3.47. The number of ether oxygens (including phenoxy) is 1. The molecule has 3 aromatic rings. The first kappa shape index (κ1) is 20.7. The minimum absolute atomic E-state index is 0.0935. The first-order chi connectivity index (χ1) is 14.8. The van der Waals surface area contributed by atoms with Gasteiger partial charge >= 0.3 is 0 Å². The summed E-state index contributed by atoms with van der Waals surface area (Å²) in [5, 5.41) is 10.4. The zero-order valence-electron chi connectivity index (χ0n) is 17.1. The number of thiophene rings is 1. The molecule has 1 fully saturated rings. The Morgan fingerprint density at radius 3 is 2.67 bits per heavy atom. The maximum Gasteiger partial charge on any atom is 0.257 e. The standard InChI is InChI=1S/C22H26N4O3S/c1-2-10-26(16-19-23-24-21(29-19)18-9-6-15-30-18)20(17-7-4-3-5-8-17)22(27)25-11-13-28-14-12-25/h3-9,15,20H,2,10-14,16H2,1H3/t20-/m0/s1. The average molecular weight is 427 g/mol. The lowest BCUT2D eigenvalue weighted by molar-refractivity contribution is -0.141. The molecule has 1 aliphatic heterocycles. The third-order valence-corrected chi connectivity index (χ3v) is 5.94. The van der Waals surface area contributed by atoms with Crippen molar-refractivity contribution >= 4 is 17.2 Å². The molecule has 0 saturated carbocycles. The molecule has 0 unspecified atom stereocenters. The van der Waals surface area contributed by atoms with E-state index in [1.54, 1.807) is 11.3 Å². The van der Waals surface area contributed by atoms with Gasteiger partial charge in [-0.3, -0.25) is 9.69 Å². The van der Waals surface area contributed by atoms with Gasteiger partial charge in [0.05, 0.1) is 24.6 Å². The summed E-state index contributed by atoms with van der Waals surface area (Å²) in [6, 6.07) is 13.4. The molecule has 0 radical (unpaired) electrons. The molecule has 1 aromatic carbocycles. The van der Waals surface area contributed by atoms with E-state index in [4.69, 9.17) is 9.15 Å². The third kappa shape index (κ3) is 4.77. The van der Waals surface area contributed by atoms with Crippen LogP contribution in [0.4, 0.5) is 0 Å². The van der Waals surface area contributed by atoms with Crippen LogP contribution in [-0.4, -0.2) is 58.8 Å². The largest absolute Gasteiger partial charge is 0.419 e. The molecule has 8 heteroatoms. The molecule has 2 aromatic heterocycles. The SMILES string of the molecule is CCCN(Cc1nnc(-c2cccs2)o1)[C@H](C(=O)N1CCOCC1)c1ccccc1. The Labute approximate surface area is 180 Å². The zero-order valence-corrected chi connectivity index (χ0v) is 17.9. The van der Waals surface area contributed by atoms with Gasteiger partial charge in [-0.25, -0.2) is 0 Å². The molecule has 30 heavy (non-hydrogen) atoms. The molecule has 0 spiro atoms. The van der Waals surface area contributed by atoms with Crippen LogP contribution in [0.1, 0.15) is 30.8 Å². The topological polar surface area (TPSA) is 71.7 Å². The van der Waals surface area contributed by atoms with Crippen LogP contribution in [0.3, 0.4) is 0 Å². The maximum atomic E-state index is 13.6. The highest BCUT2D eigenvalue weighted by atomic mass is 32.1.